The minimum Gasteiger partial charge on any atom is -0.464 e. The number of rotatable bonds is 5. The topological polar surface area (TPSA) is 81.4 Å². The standard InChI is InChI=1S/C10H20N2O3/c1-6(2)5-15-10(14)8(4)12-9(13)7(3)11/h6-8H,5,11H2,1-4H3,(H,12,13)/t7-,8-/m0/s1. The van der Waals surface area contributed by atoms with Crippen molar-refractivity contribution in [1.29, 1.82) is 0 Å². The van der Waals surface area contributed by atoms with E-state index in [9.17, 15) is 9.59 Å². The van der Waals surface area contributed by atoms with Crippen molar-refractivity contribution in [2.24, 2.45) is 11.7 Å². The van der Waals surface area contributed by atoms with E-state index in [0.717, 1.165) is 0 Å². The van der Waals surface area contributed by atoms with Crippen LogP contribution in [0.5, 0.6) is 0 Å². The molecule has 0 aliphatic heterocycles. The highest BCUT2D eigenvalue weighted by Gasteiger charge is 2.18. The monoisotopic (exact) mass is 216 g/mol. The maximum Gasteiger partial charge on any atom is 0.328 e. The van der Waals surface area contributed by atoms with Gasteiger partial charge in [-0.15, -0.1) is 0 Å². The first-order valence-electron chi connectivity index (χ1n) is 5.07. The van der Waals surface area contributed by atoms with E-state index >= 15 is 0 Å². The molecule has 0 aliphatic rings. The fourth-order valence-corrected chi connectivity index (χ4v) is 0.778. The van der Waals surface area contributed by atoms with Crippen LogP contribution in [-0.2, 0) is 14.3 Å². The second-order valence-corrected chi connectivity index (χ2v) is 4.04. The average Bonchev–Trinajstić information content (AvgIpc) is 2.13. The van der Waals surface area contributed by atoms with Gasteiger partial charge in [0, 0.05) is 0 Å². The van der Waals surface area contributed by atoms with E-state index < -0.39 is 18.1 Å². The van der Waals surface area contributed by atoms with Gasteiger partial charge in [0.05, 0.1) is 12.6 Å². The summed E-state index contributed by atoms with van der Waals surface area (Å²) in [5.41, 5.74) is 5.34. The van der Waals surface area contributed by atoms with Gasteiger partial charge in [-0.1, -0.05) is 13.8 Å². The van der Waals surface area contributed by atoms with E-state index in [-0.39, 0.29) is 11.8 Å². The van der Waals surface area contributed by atoms with Crippen molar-refractivity contribution in [3.63, 3.8) is 0 Å². The van der Waals surface area contributed by atoms with Gasteiger partial charge in [0.15, 0.2) is 0 Å². The minimum absolute atomic E-state index is 0.283. The molecule has 15 heavy (non-hydrogen) atoms. The SMILES string of the molecule is CC(C)COC(=O)[C@H](C)NC(=O)[C@H](C)N. The molecule has 0 aromatic heterocycles. The highest BCUT2D eigenvalue weighted by Crippen LogP contribution is 1.96. The Kier molecular flexibility index (Phi) is 5.93. The third-order valence-electron chi connectivity index (χ3n) is 1.68. The molecule has 0 saturated heterocycles. The number of ether oxygens (including phenoxy) is 1. The van der Waals surface area contributed by atoms with Crippen molar-refractivity contribution in [1.82, 2.24) is 5.32 Å². The number of hydrogen-bond donors (Lipinski definition) is 2. The summed E-state index contributed by atoms with van der Waals surface area (Å²) in [5.74, 6) is -0.507. The van der Waals surface area contributed by atoms with Crippen molar-refractivity contribution >= 4 is 11.9 Å². The number of nitrogens with two attached hydrogens (primary N) is 1. The zero-order valence-corrected chi connectivity index (χ0v) is 9.74. The molecule has 0 bridgehead atoms. The summed E-state index contributed by atoms with van der Waals surface area (Å²) in [4.78, 5) is 22.5. The van der Waals surface area contributed by atoms with Gasteiger partial charge in [-0.05, 0) is 19.8 Å². The summed E-state index contributed by atoms with van der Waals surface area (Å²) in [6, 6.07) is -1.27. The zero-order valence-electron chi connectivity index (χ0n) is 9.74. The predicted molar refractivity (Wildman–Crippen MR) is 57.1 cm³/mol. The first-order valence-corrected chi connectivity index (χ1v) is 5.07. The lowest BCUT2D eigenvalue weighted by atomic mass is 10.2. The van der Waals surface area contributed by atoms with Crippen LogP contribution in [0.4, 0.5) is 0 Å². The number of esters is 1. The number of nitrogens with one attached hydrogen (secondary N) is 1. The van der Waals surface area contributed by atoms with Gasteiger partial charge in [0.2, 0.25) is 5.91 Å². The molecule has 3 N–H and O–H groups in total. The fourth-order valence-electron chi connectivity index (χ4n) is 0.778. The normalized spacial score (nSPS) is 14.5. The minimum atomic E-state index is -0.651. The number of carbonyl (C=O) groups is 2. The molecule has 0 fully saturated rings. The Balaban J connectivity index is 3.94. The van der Waals surface area contributed by atoms with E-state index in [1.165, 1.54) is 0 Å². The van der Waals surface area contributed by atoms with Crippen molar-refractivity contribution in [2.45, 2.75) is 39.8 Å². The Labute approximate surface area is 90.4 Å². The molecular weight excluding hydrogens is 196 g/mol. The van der Waals surface area contributed by atoms with Crippen LogP contribution < -0.4 is 11.1 Å². The molecule has 5 nitrogen and oxygen atoms in total. The lowest BCUT2D eigenvalue weighted by Crippen LogP contribution is -2.46. The van der Waals surface area contributed by atoms with Gasteiger partial charge in [0.1, 0.15) is 6.04 Å². The van der Waals surface area contributed by atoms with Crippen LogP contribution in [0.2, 0.25) is 0 Å². The highest BCUT2D eigenvalue weighted by atomic mass is 16.5. The smallest absolute Gasteiger partial charge is 0.328 e. The molecule has 0 aliphatic carbocycles. The second-order valence-electron chi connectivity index (χ2n) is 4.04. The summed E-state index contributed by atoms with van der Waals surface area (Å²) in [7, 11) is 0. The van der Waals surface area contributed by atoms with E-state index in [4.69, 9.17) is 10.5 Å². The molecule has 0 spiro atoms. The Morgan fingerprint density at radius 3 is 2.20 bits per heavy atom. The van der Waals surface area contributed by atoms with Crippen LogP contribution in [0.25, 0.3) is 0 Å². The second kappa shape index (κ2) is 6.40. The molecule has 0 saturated carbocycles. The van der Waals surface area contributed by atoms with Gasteiger partial charge >= 0.3 is 5.97 Å². The van der Waals surface area contributed by atoms with Crippen molar-refractivity contribution < 1.29 is 14.3 Å². The molecule has 0 rings (SSSR count). The van der Waals surface area contributed by atoms with E-state index in [2.05, 4.69) is 5.32 Å². The molecule has 2 atom stereocenters. The van der Waals surface area contributed by atoms with E-state index in [1.807, 2.05) is 13.8 Å². The summed E-state index contributed by atoms with van der Waals surface area (Å²) in [5, 5.41) is 2.46. The third-order valence-corrected chi connectivity index (χ3v) is 1.68. The van der Waals surface area contributed by atoms with Crippen LogP contribution >= 0.6 is 0 Å². The largest absolute Gasteiger partial charge is 0.464 e. The molecule has 0 radical (unpaired) electrons. The van der Waals surface area contributed by atoms with Crippen LogP contribution in [0.15, 0.2) is 0 Å². The lowest BCUT2D eigenvalue weighted by Gasteiger charge is -2.15. The summed E-state index contributed by atoms with van der Waals surface area (Å²) in [6.07, 6.45) is 0. The molecule has 88 valence electrons. The molecule has 0 heterocycles. The number of amides is 1. The first-order chi connectivity index (χ1) is 6.84. The molecule has 5 heteroatoms. The van der Waals surface area contributed by atoms with Crippen molar-refractivity contribution in [3.8, 4) is 0 Å². The molecular formula is C10H20N2O3. The van der Waals surface area contributed by atoms with Gasteiger partial charge in [-0.3, -0.25) is 4.79 Å². The van der Waals surface area contributed by atoms with Crippen LogP contribution in [0.1, 0.15) is 27.7 Å². The number of carbonyl (C=O) groups excluding carboxylic acids is 2. The van der Waals surface area contributed by atoms with Crippen LogP contribution in [-0.4, -0.2) is 30.6 Å². The quantitative estimate of drug-likeness (QED) is 0.636. The Hall–Kier alpha value is -1.10. The molecule has 0 aromatic rings. The summed E-state index contributed by atoms with van der Waals surface area (Å²) < 4.78 is 4.95. The molecule has 0 aromatic carbocycles. The average molecular weight is 216 g/mol. The molecule has 1 amide bonds. The summed E-state index contributed by atoms with van der Waals surface area (Å²) >= 11 is 0. The predicted octanol–water partition coefficient (Wildman–Crippen LogP) is 0.0375. The Bertz CT molecular complexity index is 227. The van der Waals surface area contributed by atoms with Gasteiger partial charge in [-0.2, -0.15) is 0 Å². The lowest BCUT2D eigenvalue weighted by molar-refractivity contribution is -0.148. The van der Waals surface area contributed by atoms with E-state index in [0.29, 0.717) is 6.61 Å². The maximum absolute atomic E-state index is 11.3. The van der Waals surface area contributed by atoms with Crippen LogP contribution in [0.3, 0.4) is 0 Å². The van der Waals surface area contributed by atoms with Gasteiger partial charge in [0.25, 0.3) is 0 Å². The summed E-state index contributed by atoms with van der Waals surface area (Å²) in [6.45, 7) is 7.37. The fraction of sp³-hybridized carbons (Fsp3) is 0.800. The number of hydrogen-bond acceptors (Lipinski definition) is 4. The zero-order chi connectivity index (χ0) is 12.0. The molecule has 0 unspecified atom stereocenters. The Morgan fingerprint density at radius 2 is 1.80 bits per heavy atom. The van der Waals surface area contributed by atoms with Crippen LogP contribution in [0, 0.1) is 5.92 Å². The maximum atomic E-state index is 11.3. The van der Waals surface area contributed by atoms with Crippen molar-refractivity contribution in [3.05, 3.63) is 0 Å². The highest BCUT2D eigenvalue weighted by molar-refractivity contribution is 5.86. The Morgan fingerprint density at radius 1 is 1.27 bits per heavy atom. The third kappa shape index (κ3) is 6.06. The first kappa shape index (κ1) is 13.9. The van der Waals surface area contributed by atoms with Gasteiger partial charge in [-0.25, -0.2) is 4.79 Å². The van der Waals surface area contributed by atoms with Crippen molar-refractivity contribution in [2.75, 3.05) is 6.61 Å². The van der Waals surface area contributed by atoms with Gasteiger partial charge < -0.3 is 15.8 Å². The van der Waals surface area contributed by atoms with E-state index in [1.54, 1.807) is 13.8 Å².